The molecular formula is C30H31N5O2S2. The standard InChI is InChI=1S/C21H21N3O2S2.C9H10N2/c1-23-17(16-10-6-7-11-18(16)25)13-28-21(23)19(27-2)20(26)24(14-22)12-15-8-4-3-5-9-15;1-2-11-9-5-3-8(7-10)4-6-9/h3-11,13-14,22,25H,12H2,1-2H3;3-6,11H,2H2,1H3/b21-19-,22-14?;. The van der Waals surface area contributed by atoms with E-state index in [0.29, 0.717) is 22.6 Å². The van der Waals surface area contributed by atoms with Crippen LogP contribution < -0.4 is 5.32 Å². The van der Waals surface area contributed by atoms with Gasteiger partial charge in [0.2, 0.25) is 0 Å². The molecule has 4 rings (SSSR count). The summed E-state index contributed by atoms with van der Waals surface area (Å²) in [5, 5.41) is 32.2. The molecule has 1 aliphatic heterocycles. The SMILES string of the molecule is CCNc1ccc(C#N)cc1.CS/C(C(=O)N(C=N)Cc1ccccc1)=C1\SC=C(c2ccccc2O)N1C. The summed E-state index contributed by atoms with van der Waals surface area (Å²) >= 11 is 2.81. The number of nitrogens with one attached hydrogen (secondary N) is 2. The fraction of sp³-hybridized carbons (Fsp3) is 0.167. The van der Waals surface area contributed by atoms with Crippen LogP contribution in [-0.2, 0) is 11.3 Å². The van der Waals surface area contributed by atoms with Crippen molar-refractivity contribution in [1.82, 2.24) is 9.80 Å². The number of rotatable bonds is 8. The summed E-state index contributed by atoms with van der Waals surface area (Å²) in [7, 11) is 1.88. The second-order valence-electron chi connectivity index (χ2n) is 8.30. The summed E-state index contributed by atoms with van der Waals surface area (Å²) in [4.78, 5) is 17.0. The maximum atomic E-state index is 13.1. The molecule has 0 atom stereocenters. The van der Waals surface area contributed by atoms with Crippen molar-refractivity contribution in [3.8, 4) is 11.8 Å². The lowest BCUT2D eigenvalue weighted by molar-refractivity contribution is -0.123. The average molecular weight is 558 g/mol. The van der Waals surface area contributed by atoms with Gasteiger partial charge in [-0.1, -0.05) is 54.2 Å². The van der Waals surface area contributed by atoms with Crippen LogP contribution in [0, 0.1) is 16.7 Å². The number of phenolic OH excluding ortho intramolecular Hbond substituents is 1. The third kappa shape index (κ3) is 7.69. The van der Waals surface area contributed by atoms with Gasteiger partial charge in [-0.05, 0) is 55.1 Å². The summed E-state index contributed by atoms with van der Waals surface area (Å²) in [6.07, 6.45) is 2.93. The highest BCUT2D eigenvalue weighted by Gasteiger charge is 2.28. The number of phenols is 1. The maximum Gasteiger partial charge on any atom is 0.268 e. The molecule has 1 amide bonds. The van der Waals surface area contributed by atoms with Crippen molar-refractivity contribution in [2.24, 2.45) is 0 Å². The minimum atomic E-state index is -0.215. The minimum absolute atomic E-state index is 0.199. The molecule has 0 radical (unpaired) electrons. The minimum Gasteiger partial charge on any atom is -0.507 e. The molecule has 1 aliphatic rings. The van der Waals surface area contributed by atoms with Crippen LogP contribution in [0.4, 0.5) is 5.69 Å². The molecule has 1 heterocycles. The van der Waals surface area contributed by atoms with Crippen LogP contribution in [0.5, 0.6) is 5.75 Å². The van der Waals surface area contributed by atoms with E-state index in [1.165, 1.54) is 28.4 Å². The van der Waals surface area contributed by atoms with Gasteiger partial charge in [-0.2, -0.15) is 5.26 Å². The molecule has 7 nitrogen and oxygen atoms in total. The number of hydrogen-bond acceptors (Lipinski definition) is 8. The second kappa shape index (κ2) is 14.7. The lowest BCUT2D eigenvalue weighted by Gasteiger charge is -2.23. The van der Waals surface area contributed by atoms with E-state index in [-0.39, 0.29) is 11.7 Å². The second-order valence-corrected chi connectivity index (χ2v) is 9.98. The van der Waals surface area contributed by atoms with Crippen LogP contribution in [0.25, 0.3) is 5.70 Å². The fourth-order valence-corrected chi connectivity index (χ4v) is 5.70. The number of carbonyl (C=O) groups excluding carboxylic acids is 1. The number of anilines is 1. The van der Waals surface area contributed by atoms with Crippen molar-refractivity contribution in [1.29, 1.82) is 10.7 Å². The van der Waals surface area contributed by atoms with Crippen molar-refractivity contribution >= 4 is 47.2 Å². The Morgan fingerprint density at radius 1 is 1.13 bits per heavy atom. The van der Waals surface area contributed by atoms with Crippen LogP contribution >= 0.6 is 23.5 Å². The third-order valence-electron chi connectivity index (χ3n) is 5.73. The summed E-state index contributed by atoms with van der Waals surface area (Å²) in [5.41, 5.74) is 4.28. The highest BCUT2D eigenvalue weighted by molar-refractivity contribution is 8.08. The molecule has 0 spiro atoms. The largest absolute Gasteiger partial charge is 0.507 e. The summed E-state index contributed by atoms with van der Waals surface area (Å²) < 4.78 is 0. The van der Waals surface area contributed by atoms with Crippen LogP contribution in [0.3, 0.4) is 0 Å². The Kier molecular flexibility index (Phi) is 11.1. The number of para-hydroxylation sites is 1. The smallest absolute Gasteiger partial charge is 0.268 e. The molecule has 200 valence electrons. The van der Waals surface area contributed by atoms with Crippen molar-refractivity contribution in [2.75, 3.05) is 25.2 Å². The topological polar surface area (TPSA) is 103 Å². The molecule has 0 saturated heterocycles. The zero-order valence-electron chi connectivity index (χ0n) is 22.1. The summed E-state index contributed by atoms with van der Waals surface area (Å²) in [6, 6.07) is 26.2. The Labute approximate surface area is 238 Å². The number of thioether (sulfide) groups is 2. The predicted octanol–water partition coefficient (Wildman–Crippen LogP) is 6.53. The third-order valence-corrected chi connectivity index (χ3v) is 7.68. The van der Waals surface area contributed by atoms with E-state index in [1.807, 2.05) is 85.1 Å². The maximum absolute atomic E-state index is 13.1. The normalized spacial score (nSPS) is 13.4. The number of amides is 1. The van der Waals surface area contributed by atoms with Gasteiger partial charge in [-0.15, -0.1) is 11.8 Å². The summed E-state index contributed by atoms with van der Waals surface area (Å²) in [5.74, 6) is -0.0164. The quantitative estimate of drug-likeness (QED) is 0.164. The lowest BCUT2D eigenvalue weighted by atomic mass is 10.1. The molecule has 0 unspecified atom stereocenters. The monoisotopic (exact) mass is 557 g/mol. The van der Waals surface area contributed by atoms with Crippen LogP contribution in [-0.4, -0.2) is 47.0 Å². The first-order valence-corrected chi connectivity index (χ1v) is 14.3. The Balaban J connectivity index is 0.000000320. The van der Waals surface area contributed by atoms with Crippen molar-refractivity contribution < 1.29 is 9.90 Å². The van der Waals surface area contributed by atoms with Crippen molar-refractivity contribution in [3.63, 3.8) is 0 Å². The van der Waals surface area contributed by atoms with Gasteiger partial charge in [0.05, 0.1) is 35.2 Å². The van der Waals surface area contributed by atoms with E-state index in [0.717, 1.165) is 34.9 Å². The van der Waals surface area contributed by atoms with E-state index in [1.54, 1.807) is 24.3 Å². The molecular weight excluding hydrogens is 526 g/mol. The summed E-state index contributed by atoms with van der Waals surface area (Å²) in [6.45, 7) is 3.29. The molecule has 3 aromatic rings. The molecule has 39 heavy (non-hydrogen) atoms. The fourth-order valence-electron chi connectivity index (χ4n) is 3.74. The molecule has 3 aromatic carbocycles. The zero-order valence-corrected chi connectivity index (χ0v) is 23.7. The number of nitrogens with zero attached hydrogens (tertiary/aromatic N) is 3. The van der Waals surface area contributed by atoms with Gasteiger partial charge in [0, 0.05) is 30.3 Å². The van der Waals surface area contributed by atoms with Gasteiger partial charge in [-0.3, -0.25) is 15.1 Å². The Bertz CT molecular complexity index is 1380. The Morgan fingerprint density at radius 2 is 1.79 bits per heavy atom. The van der Waals surface area contributed by atoms with Crippen LogP contribution in [0.1, 0.15) is 23.6 Å². The molecule has 3 N–H and O–H groups in total. The van der Waals surface area contributed by atoms with E-state index in [2.05, 4.69) is 11.4 Å². The zero-order chi connectivity index (χ0) is 28.2. The first-order chi connectivity index (χ1) is 18.9. The van der Waals surface area contributed by atoms with Gasteiger partial charge in [-0.25, -0.2) is 0 Å². The molecule has 0 saturated carbocycles. The first-order valence-electron chi connectivity index (χ1n) is 12.2. The van der Waals surface area contributed by atoms with Gasteiger partial charge in [0.15, 0.2) is 0 Å². The number of benzene rings is 3. The molecule has 0 fully saturated rings. The number of aromatic hydroxyl groups is 1. The molecule has 0 aromatic heterocycles. The number of nitriles is 1. The van der Waals surface area contributed by atoms with E-state index in [9.17, 15) is 9.90 Å². The van der Waals surface area contributed by atoms with Gasteiger partial charge in [0.25, 0.3) is 5.91 Å². The highest BCUT2D eigenvalue weighted by atomic mass is 32.2. The molecule has 9 heteroatoms. The predicted molar refractivity (Wildman–Crippen MR) is 163 cm³/mol. The van der Waals surface area contributed by atoms with E-state index < -0.39 is 0 Å². The van der Waals surface area contributed by atoms with Gasteiger partial charge >= 0.3 is 0 Å². The van der Waals surface area contributed by atoms with Crippen molar-refractivity contribution in [2.45, 2.75) is 13.5 Å². The van der Waals surface area contributed by atoms with E-state index in [4.69, 9.17) is 10.7 Å². The number of hydrogen-bond donors (Lipinski definition) is 3. The highest BCUT2D eigenvalue weighted by Crippen LogP contribution is 2.44. The van der Waals surface area contributed by atoms with E-state index >= 15 is 0 Å². The average Bonchev–Trinajstić information content (AvgIpc) is 3.34. The number of carbonyl (C=O) groups is 1. The molecule has 0 aliphatic carbocycles. The Hall–Kier alpha value is -4.13. The van der Waals surface area contributed by atoms with Gasteiger partial charge < -0.3 is 15.3 Å². The molecule has 0 bridgehead atoms. The van der Waals surface area contributed by atoms with Crippen LogP contribution in [0.2, 0.25) is 0 Å². The first kappa shape index (κ1) is 29.4. The Morgan fingerprint density at radius 3 is 2.38 bits per heavy atom. The van der Waals surface area contributed by atoms with Gasteiger partial charge in [0.1, 0.15) is 10.7 Å². The van der Waals surface area contributed by atoms with Crippen molar-refractivity contribution in [3.05, 3.63) is 111 Å². The lowest BCUT2D eigenvalue weighted by Crippen LogP contribution is -2.30. The van der Waals surface area contributed by atoms with Crippen LogP contribution in [0.15, 0.2) is 94.2 Å².